The molecule has 1 amide bonds. The summed E-state index contributed by atoms with van der Waals surface area (Å²) >= 11 is 0. The zero-order valence-corrected chi connectivity index (χ0v) is 9.66. The summed E-state index contributed by atoms with van der Waals surface area (Å²) in [5.74, 6) is 0. The minimum absolute atomic E-state index is 0.0325. The summed E-state index contributed by atoms with van der Waals surface area (Å²) < 4.78 is 5.11. The summed E-state index contributed by atoms with van der Waals surface area (Å²) in [6, 6.07) is 0. The molecule has 0 spiro atoms. The molecule has 1 aliphatic rings. The molecular formula is C11H21NO3. The van der Waals surface area contributed by atoms with Crippen LogP contribution in [-0.2, 0) is 4.74 Å². The molecule has 4 heteroatoms. The third-order valence-electron chi connectivity index (χ3n) is 3.20. The van der Waals surface area contributed by atoms with Gasteiger partial charge < -0.3 is 14.7 Å². The van der Waals surface area contributed by atoms with Crippen molar-refractivity contribution in [1.29, 1.82) is 0 Å². The Morgan fingerprint density at radius 2 is 2.27 bits per heavy atom. The van der Waals surface area contributed by atoms with Gasteiger partial charge in [0.1, 0.15) is 0 Å². The molecule has 0 aromatic rings. The van der Waals surface area contributed by atoms with Crippen molar-refractivity contribution in [3.8, 4) is 0 Å². The number of ether oxygens (including phenoxy) is 1. The third kappa shape index (κ3) is 2.43. The largest absolute Gasteiger partial charge is 0.449 e. The topological polar surface area (TPSA) is 49.8 Å². The molecule has 0 aromatic carbocycles. The number of carbonyl (C=O) groups is 1. The van der Waals surface area contributed by atoms with Crippen molar-refractivity contribution >= 4 is 6.09 Å². The molecule has 1 saturated heterocycles. The fourth-order valence-corrected chi connectivity index (χ4v) is 2.13. The van der Waals surface area contributed by atoms with E-state index in [1.54, 1.807) is 4.90 Å². The standard InChI is InChI=1S/C11H21NO3/c1-3-8-15-10(14)12-7-5-6-11(12,4-2)9-13/h13H,3-9H2,1-2H3. The highest BCUT2D eigenvalue weighted by molar-refractivity contribution is 5.69. The van der Waals surface area contributed by atoms with Crippen molar-refractivity contribution < 1.29 is 14.6 Å². The number of rotatable bonds is 4. The van der Waals surface area contributed by atoms with Gasteiger partial charge in [0.2, 0.25) is 0 Å². The second-order valence-corrected chi connectivity index (χ2v) is 4.11. The van der Waals surface area contributed by atoms with Crippen molar-refractivity contribution in [1.82, 2.24) is 4.90 Å². The lowest BCUT2D eigenvalue weighted by molar-refractivity contribution is 0.0385. The average Bonchev–Trinajstić information content (AvgIpc) is 2.70. The molecule has 1 atom stereocenters. The van der Waals surface area contributed by atoms with Gasteiger partial charge in [-0.15, -0.1) is 0 Å². The first kappa shape index (κ1) is 12.3. The SMILES string of the molecule is CCCOC(=O)N1CCCC1(CC)CO. The smallest absolute Gasteiger partial charge is 0.410 e. The quantitative estimate of drug-likeness (QED) is 0.777. The van der Waals surface area contributed by atoms with Gasteiger partial charge in [-0.25, -0.2) is 4.79 Å². The minimum Gasteiger partial charge on any atom is -0.449 e. The maximum atomic E-state index is 11.7. The van der Waals surface area contributed by atoms with E-state index in [0.717, 1.165) is 25.7 Å². The predicted molar refractivity (Wildman–Crippen MR) is 57.7 cm³/mol. The maximum absolute atomic E-state index is 11.7. The Bertz CT molecular complexity index is 214. The summed E-state index contributed by atoms with van der Waals surface area (Å²) in [5, 5.41) is 9.41. The molecule has 0 saturated carbocycles. The van der Waals surface area contributed by atoms with E-state index in [2.05, 4.69) is 0 Å². The molecule has 0 aliphatic carbocycles. The Kier molecular flexibility index (Phi) is 4.39. The van der Waals surface area contributed by atoms with E-state index in [0.29, 0.717) is 13.2 Å². The Hall–Kier alpha value is -0.770. The molecule has 0 radical (unpaired) electrons. The van der Waals surface area contributed by atoms with Gasteiger partial charge in [-0.2, -0.15) is 0 Å². The Balaban J connectivity index is 2.62. The maximum Gasteiger partial charge on any atom is 0.410 e. The number of hydrogen-bond acceptors (Lipinski definition) is 3. The highest BCUT2D eigenvalue weighted by atomic mass is 16.6. The van der Waals surface area contributed by atoms with E-state index in [1.165, 1.54) is 0 Å². The molecule has 1 N–H and O–H groups in total. The van der Waals surface area contributed by atoms with Crippen LogP contribution in [0, 0.1) is 0 Å². The van der Waals surface area contributed by atoms with Crippen molar-refractivity contribution in [3.63, 3.8) is 0 Å². The second kappa shape index (κ2) is 5.35. The van der Waals surface area contributed by atoms with Crippen LogP contribution in [0.5, 0.6) is 0 Å². The van der Waals surface area contributed by atoms with Gasteiger partial charge in [0, 0.05) is 6.54 Å². The molecular weight excluding hydrogens is 194 g/mol. The lowest BCUT2D eigenvalue weighted by Gasteiger charge is -2.35. The molecule has 1 unspecified atom stereocenters. The van der Waals surface area contributed by atoms with Gasteiger partial charge in [0.05, 0.1) is 18.8 Å². The van der Waals surface area contributed by atoms with Crippen LogP contribution in [0.25, 0.3) is 0 Å². The van der Waals surface area contributed by atoms with Crippen molar-refractivity contribution in [2.75, 3.05) is 19.8 Å². The molecule has 4 nitrogen and oxygen atoms in total. The number of hydrogen-bond donors (Lipinski definition) is 1. The van der Waals surface area contributed by atoms with E-state index >= 15 is 0 Å². The van der Waals surface area contributed by atoms with E-state index in [9.17, 15) is 9.90 Å². The van der Waals surface area contributed by atoms with E-state index in [4.69, 9.17) is 4.74 Å². The lowest BCUT2D eigenvalue weighted by atomic mass is 9.94. The first-order chi connectivity index (χ1) is 7.20. The summed E-state index contributed by atoms with van der Waals surface area (Å²) in [6.07, 6.45) is 3.17. The Labute approximate surface area is 91.2 Å². The number of carbonyl (C=O) groups excluding carboxylic acids is 1. The summed E-state index contributed by atoms with van der Waals surface area (Å²) in [6.45, 7) is 5.17. The Morgan fingerprint density at radius 3 is 2.80 bits per heavy atom. The highest BCUT2D eigenvalue weighted by Gasteiger charge is 2.42. The van der Waals surface area contributed by atoms with Gasteiger partial charge in [-0.3, -0.25) is 0 Å². The summed E-state index contributed by atoms with van der Waals surface area (Å²) in [7, 11) is 0. The van der Waals surface area contributed by atoms with E-state index < -0.39 is 0 Å². The van der Waals surface area contributed by atoms with Crippen molar-refractivity contribution in [2.45, 2.75) is 45.1 Å². The molecule has 15 heavy (non-hydrogen) atoms. The number of aliphatic hydroxyl groups is 1. The fourth-order valence-electron chi connectivity index (χ4n) is 2.13. The molecule has 1 rings (SSSR count). The van der Waals surface area contributed by atoms with Crippen LogP contribution < -0.4 is 0 Å². The first-order valence-corrected chi connectivity index (χ1v) is 5.75. The van der Waals surface area contributed by atoms with Crippen molar-refractivity contribution in [3.05, 3.63) is 0 Å². The fraction of sp³-hybridized carbons (Fsp3) is 0.909. The van der Waals surface area contributed by atoms with Crippen LogP contribution in [0.1, 0.15) is 39.5 Å². The number of amides is 1. The number of aliphatic hydroxyl groups excluding tert-OH is 1. The van der Waals surface area contributed by atoms with Gasteiger partial charge in [-0.1, -0.05) is 13.8 Å². The first-order valence-electron chi connectivity index (χ1n) is 5.75. The van der Waals surface area contributed by atoms with Gasteiger partial charge in [0.15, 0.2) is 0 Å². The highest BCUT2D eigenvalue weighted by Crippen LogP contribution is 2.32. The van der Waals surface area contributed by atoms with Crippen LogP contribution in [-0.4, -0.2) is 41.4 Å². The van der Waals surface area contributed by atoms with Crippen LogP contribution in [0.3, 0.4) is 0 Å². The normalized spacial score (nSPS) is 25.7. The second-order valence-electron chi connectivity index (χ2n) is 4.11. The molecule has 1 aliphatic heterocycles. The summed E-state index contributed by atoms with van der Waals surface area (Å²) in [5.41, 5.74) is -0.370. The predicted octanol–water partition coefficient (Wildman–Crippen LogP) is 1.77. The molecule has 88 valence electrons. The zero-order chi connectivity index (χ0) is 11.3. The van der Waals surface area contributed by atoms with E-state index in [-0.39, 0.29) is 18.2 Å². The van der Waals surface area contributed by atoms with Gasteiger partial charge >= 0.3 is 6.09 Å². The van der Waals surface area contributed by atoms with Crippen LogP contribution in [0.2, 0.25) is 0 Å². The molecule has 1 fully saturated rings. The van der Waals surface area contributed by atoms with Gasteiger partial charge in [0.25, 0.3) is 0 Å². The zero-order valence-electron chi connectivity index (χ0n) is 9.66. The monoisotopic (exact) mass is 215 g/mol. The molecule has 0 aromatic heterocycles. The average molecular weight is 215 g/mol. The summed E-state index contributed by atoms with van der Waals surface area (Å²) in [4.78, 5) is 13.4. The Morgan fingerprint density at radius 1 is 1.53 bits per heavy atom. The number of nitrogens with zero attached hydrogens (tertiary/aromatic N) is 1. The molecule has 1 heterocycles. The molecule has 0 bridgehead atoms. The minimum atomic E-state index is -0.370. The van der Waals surface area contributed by atoms with Crippen LogP contribution in [0.15, 0.2) is 0 Å². The van der Waals surface area contributed by atoms with Gasteiger partial charge in [-0.05, 0) is 25.7 Å². The van der Waals surface area contributed by atoms with Crippen LogP contribution in [0.4, 0.5) is 4.79 Å². The third-order valence-corrected chi connectivity index (χ3v) is 3.20. The number of likely N-dealkylation sites (tertiary alicyclic amines) is 1. The van der Waals surface area contributed by atoms with E-state index in [1.807, 2.05) is 13.8 Å². The van der Waals surface area contributed by atoms with Crippen LogP contribution >= 0.6 is 0 Å². The van der Waals surface area contributed by atoms with Crippen molar-refractivity contribution in [2.24, 2.45) is 0 Å². The lowest BCUT2D eigenvalue weighted by Crippen LogP contribution is -2.49.